The molecule has 21 heavy (non-hydrogen) atoms. The number of aliphatic hydroxyl groups is 1. The van der Waals surface area contributed by atoms with Crippen LogP contribution in [0.1, 0.15) is 25.7 Å². The van der Waals surface area contributed by atoms with E-state index in [0.717, 1.165) is 17.3 Å². The van der Waals surface area contributed by atoms with Crippen LogP contribution in [0.4, 0.5) is 0 Å². The maximum absolute atomic E-state index is 12.4. The molecule has 0 saturated carbocycles. The van der Waals surface area contributed by atoms with Crippen LogP contribution in [-0.4, -0.2) is 40.7 Å². The number of carbonyl (C=O) groups excluding carboxylic acids is 1. The number of ether oxygens (including phenoxy) is 1. The highest BCUT2D eigenvalue weighted by Crippen LogP contribution is 2.36. The van der Waals surface area contributed by atoms with Gasteiger partial charge in [-0.25, -0.2) is 0 Å². The molecule has 3 rings (SSSR count). The van der Waals surface area contributed by atoms with Crippen LogP contribution in [0.3, 0.4) is 0 Å². The van der Waals surface area contributed by atoms with Gasteiger partial charge < -0.3 is 14.7 Å². The van der Waals surface area contributed by atoms with Crippen LogP contribution in [0.15, 0.2) is 22.7 Å². The number of piperidine rings is 1. The zero-order valence-electron chi connectivity index (χ0n) is 11.5. The van der Waals surface area contributed by atoms with Crippen molar-refractivity contribution in [1.29, 1.82) is 0 Å². The van der Waals surface area contributed by atoms with Gasteiger partial charge in [0.2, 0.25) is 0 Å². The van der Waals surface area contributed by atoms with Gasteiger partial charge >= 0.3 is 0 Å². The molecule has 1 amide bonds. The molecule has 2 fully saturated rings. The van der Waals surface area contributed by atoms with Crippen molar-refractivity contribution >= 4 is 33.4 Å². The summed E-state index contributed by atoms with van der Waals surface area (Å²) >= 11 is 9.40. The molecule has 2 unspecified atom stereocenters. The first-order chi connectivity index (χ1) is 10.0. The van der Waals surface area contributed by atoms with Gasteiger partial charge in [0.05, 0.1) is 11.1 Å². The predicted octanol–water partition coefficient (Wildman–Crippen LogP) is 3.00. The number of aliphatic hydroxyl groups excluding tert-OH is 1. The fraction of sp³-hybridized carbons (Fsp3) is 0.533. The topological polar surface area (TPSA) is 49.8 Å². The molecular weight excluding hydrogens is 358 g/mol. The Labute approximate surface area is 137 Å². The Bertz CT molecular complexity index is 540. The second kappa shape index (κ2) is 6.15. The van der Waals surface area contributed by atoms with Gasteiger partial charge in [-0.05, 0) is 43.9 Å². The van der Waals surface area contributed by atoms with Gasteiger partial charge in [-0.1, -0.05) is 27.5 Å². The van der Waals surface area contributed by atoms with Crippen LogP contribution in [0, 0.1) is 0 Å². The molecule has 1 aromatic carbocycles. The SMILES string of the molecule is O=C(COc1ccc(Br)cc1Cl)N1C2CCC1CC(O)C2. The van der Waals surface area contributed by atoms with E-state index in [0.29, 0.717) is 23.6 Å². The Balaban J connectivity index is 1.62. The van der Waals surface area contributed by atoms with Gasteiger partial charge in [-0.3, -0.25) is 4.79 Å². The van der Waals surface area contributed by atoms with Gasteiger partial charge in [-0.2, -0.15) is 0 Å². The van der Waals surface area contributed by atoms with Gasteiger partial charge in [-0.15, -0.1) is 0 Å². The van der Waals surface area contributed by atoms with E-state index in [1.165, 1.54) is 0 Å². The van der Waals surface area contributed by atoms with Gasteiger partial charge in [0.15, 0.2) is 6.61 Å². The lowest BCUT2D eigenvalue weighted by molar-refractivity contribution is -0.139. The van der Waals surface area contributed by atoms with Crippen molar-refractivity contribution in [2.45, 2.75) is 43.9 Å². The smallest absolute Gasteiger partial charge is 0.261 e. The van der Waals surface area contributed by atoms with Crippen molar-refractivity contribution in [2.75, 3.05) is 6.61 Å². The summed E-state index contributed by atoms with van der Waals surface area (Å²) in [6, 6.07) is 5.63. The molecule has 114 valence electrons. The molecule has 2 saturated heterocycles. The molecule has 2 aliphatic heterocycles. The summed E-state index contributed by atoms with van der Waals surface area (Å²) in [6.07, 6.45) is 3.05. The molecule has 2 aliphatic rings. The second-order valence-corrected chi connectivity index (χ2v) is 7.00. The summed E-state index contributed by atoms with van der Waals surface area (Å²) in [5, 5.41) is 10.2. The molecule has 6 heteroatoms. The van der Waals surface area contributed by atoms with E-state index in [2.05, 4.69) is 15.9 Å². The average molecular weight is 375 g/mol. The third-order valence-electron chi connectivity index (χ3n) is 4.24. The van der Waals surface area contributed by atoms with Crippen molar-refractivity contribution in [3.63, 3.8) is 0 Å². The first-order valence-corrected chi connectivity index (χ1v) is 8.29. The molecule has 4 nitrogen and oxygen atoms in total. The Kier molecular flexibility index (Phi) is 4.43. The molecule has 2 bridgehead atoms. The summed E-state index contributed by atoms with van der Waals surface area (Å²) < 4.78 is 6.42. The molecule has 2 heterocycles. The number of amides is 1. The minimum Gasteiger partial charge on any atom is -0.482 e. The van der Waals surface area contributed by atoms with Crippen molar-refractivity contribution in [3.8, 4) is 5.75 Å². The number of nitrogens with zero attached hydrogens (tertiary/aromatic N) is 1. The van der Waals surface area contributed by atoms with E-state index >= 15 is 0 Å². The number of carbonyl (C=O) groups is 1. The number of hydrogen-bond donors (Lipinski definition) is 1. The molecular formula is C15H17BrClNO3. The standard InChI is InChI=1S/C15H17BrClNO3/c16-9-1-4-14(13(17)5-9)21-8-15(20)18-10-2-3-11(18)7-12(19)6-10/h1,4-5,10-12,19H,2-3,6-8H2. The zero-order chi connectivity index (χ0) is 15.0. The highest BCUT2D eigenvalue weighted by atomic mass is 79.9. The maximum Gasteiger partial charge on any atom is 0.261 e. The number of hydrogen-bond acceptors (Lipinski definition) is 3. The summed E-state index contributed by atoms with van der Waals surface area (Å²) in [5.74, 6) is 0.492. The summed E-state index contributed by atoms with van der Waals surface area (Å²) in [4.78, 5) is 14.3. The third kappa shape index (κ3) is 3.20. The first-order valence-electron chi connectivity index (χ1n) is 7.11. The van der Waals surface area contributed by atoms with E-state index in [-0.39, 0.29) is 30.7 Å². The van der Waals surface area contributed by atoms with Crippen molar-refractivity contribution in [2.24, 2.45) is 0 Å². The zero-order valence-corrected chi connectivity index (χ0v) is 13.8. The lowest BCUT2D eigenvalue weighted by Gasteiger charge is -2.37. The van der Waals surface area contributed by atoms with Crippen LogP contribution < -0.4 is 4.74 Å². The molecule has 2 atom stereocenters. The number of fused-ring (bicyclic) bond motifs is 2. The van der Waals surface area contributed by atoms with E-state index < -0.39 is 0 Å². The molecule has 0 spiro atoms. The Morgan fingerprint density at radius 2 is 2.05 bits per heavy atom. The minimum absolute atomic E-state index is 0.00948. The summed E-state index contributed by atoms with van der Waals surface area (Å²) in [5.41, 5.74) is 0. The van der Waals surface area contributed by atoms with Crippen LogP contribution in [-0.2, 0) is 4.79 Å². The van der Waals surface area contributed by atoms with Crippen molar-refractivity contribution < 1.29 is 14.6 Å². The van der Waals surface area contributed by atoms with Crippen molar-refractivity contribution in [3.05, 3.63) is 27.7 Å². The summed E-state index contributed by atoms with van der Waals surface area (Å²) in [6.45, 7) is -0.00948. The fourth-order valence-electron chi connectivity index (χ4n) is 3.36. The van der Waals surface area contributed by atoms with Crippen LogP contribution >= 0.6 is 27.5 Å². The lowest BCUT2D eigenvalue weighted by Crippen LogP contribution is -2.49. The highest BCUT2D eigenvalue weighted by Gasteiger charge is 2.42. The lowest BCUT2D eigenvalue weighted by atomic mass is 10.00. The highest BCUT2D eigenvalue weighted by molar-refractivity contribution is 9.10. The van der Waals surface area contributed by atoms with Gasteiger partial charge in [0.1, 0.15) is 5.75 Å². The monoisotopic (exact) mass is 373 g/mol. The number of rotatable bonds is 3. The normalized spacial score (nSPS) is 27.8. The second-order valence-electron chi connectivity index (χ2n) is 5.67. The number of halogens is 2. The first kappa shape index (κ1) is 15.1. The summed E-state index contributed by atoms with van der Waals surface area (Å²) in [7, 11) is 0. The maximum atomic E-state index is 12.4. The predicted molar refractivity (Wildman–Crippen MR) is 83.5 cm³/mol. The molecule has 0 aliphatic carbocycles. The largest absolute Gasteiger partial charge is 0.482 e. The van der Waals surface area contributed by atoms with Crippen LogP contribution in [0.2, 0.25) is 5.02 Å². The molecule has 0 aromatic heterocycles. The average Bonchev–Trinajstić information content (AvgIpc) is 2.70. The van der Waals surface area contributed by atoms with E-state index in [1.54, 1.807) is 12.1 Å². The van der Waals surface area contributed by atoms with Gasteiger partial charge in [0, 0.05) is 16.6 Å². The van der Waals surface area contributed by atoms with Gasteiger partial charge in [0.25, 0.3) is 5.91 Å². The number of benzene rings is 1. The Morgan fingerprint density at radius 3 is 2.67 bits per heavy atom. The van der Waals surface area contributed by atoms with E-state index in [9.17, 15) is 9.90 Å². The molecule has 1 N–H and O–H groups in total. The third-order valence-corrected chi connectivity index (χ3v) is 5.03. The Hall–Kier alpha value is -0.780. The molecule has 1 aromatic rings. The Morgan fingerprint density at radius 1 is 1.38 bits per heavy atom. The van der Waals surface area contributed by atoms with Crippen LogP contribution in [0.25, 0.3) is 0 Å². The fourth-order valence-corrected chi connectivity index (χ4v) is 4.09. The van der Waals surface area contributed by atoms with Crippen molar-refractivity contribution in [1.82, 2.24) is 4.90 Å². The minimum atomic E-state index is -0.270. The van der Waals surface area contributed by atoms with E-state index in [4.69, 9.17) is 16.3 Å². The van der Waals surface area contributed by atoms with Crippen LogP contribution in [0.5, 0.6) is 5.75 Å². The van der Waals surface area contributed by atoms with E-state index in [1.807, 2.05) is 11.0 Å². The molecule has 0 radical (unpaired) electrons. The quantitative estimate of drug-likeness (QED) is 0.885.